The quantitative estimate of drug-likeness (QED) is 0.703. The minimum Gasteiger partial charge on any atom is -0.298 e. The Labute approximate surface area is 118 Å². The highest BCUT2D eigenvalue weighted by Crippen LogP contribution is 2.20. The normalized spacial score (nSPS) is 10.2. The summed E-state index contributed by atoms with van der Waals surface area (Å²) in [6.45, 7) is 0. The predicted molar refractivity (Wildman–Crippen MR) is 82.0 cm³/mol. The molecule has 0 saturated heterocycles. The van der Waals surface area contributed by atoms with Crippen molar-refractivity contribution >= 4 is 5.71 Å². The maximum absolute atomic E-state index is 8.27. The Hall–Kier alpha value is -2.74. The number of aromatic nitrogens is 1. The van der Waals surface area contributed by atoms with Crippen LogP contribution in [0.2, 0.25) is 0 Å². The van der Waals surface area contributed by atoms with E-state index in [0.717, 1.165) is 16.7 Å². The van der Waals surface area contributed by atoms with Crippen LogP contribution < -0.4 is 0 Å². The van der Waals surface area contributed by atoms with Gasteiger partial charge in [-0.1, -0.05) is 60.7 Å². The third-order valence-electron chi connectivity index (χ3n) is 3.19. The molecule has 1 heterocycles. The Bertz CT molecular complexity index is 719. The highest BCUT2D eigenvalue weighted by atomic mass is 14.7. The first kappa shape index (κ1) is 12.3. The maximum atomic E-state index is 8.27. The third kappa shape index (κ3) is 2.50. The summed E-state index contributed by atoms with van der Waals surface area (Å²) in [6.07, 6.45) is 1.76. The molecule has 0 fully saturated rings. The summed E-state index contributed by atoms with van der Waals surface area (Å²) in [5.41, 5.74) is 4.24. The van der Waals surface area contributed by atoms with Gasteiger partial charge >= 0.3 is 0 Å². The first-order valence-electron chi connectivity index (χ1n) is 6.50. The molecule has 96 valence electrons. The molecule has 2 nitrogen and oxygen atoms in total. The molecule has 0 saturated carbocycles. The van der Waals surface area contributed by atoms with Crippen molar-refractivity contribution < 1.29 is 0 Å². The lowest BCUT2D eigenvalue weighted by Gasteiger charge is -2.06. The zero-order valence-corrected chi connectivity index (χ0v) is 11.0. The summed E-state index contributed by atoms with van der Waals surface area (Å²) < 4.78 is 0. The van der Waals surface area contributed by atoms with Crippen molar-refractivity contribution in [2.24, 2.45) is 0 Å². The standard InChI is InChI=1S/C18H14N2/c19-18(15-9-5-2-6-10-15)17-13-16(11-12-20-17)14-7-3-1-4-8-14/h1-13,19H. The van der Waals surface area contributed by atoms with Gasteiger partial charge < -0.3 is 0 Å². The predicted octanol–water partition coefficient (Wildman–Crippen LogP) is 4.16. The Morgan fingerprint density at radius 2 is 1.40 bits per heavy atom. The first-order valence-corrected chi connectivity index (χ1v) is 6.50. The lowest BCUT2D eigenvalue weighted by molar-refractivity contribution is 1.27. The molecule has 0 bridgehead atoms. The van der Waals surface area contributed by atoms with Gasteiger partial charge in [-0.15, -0.1) is 0 Å². The van der Waals surface area contributed by atoms with Crippen LogP contribution >= 0.6 is 0 Å². The van der Waals surface area contributed by atoms with E-state index in [-0.39, 0.29) is 0 Å². The molecule has 2 heteroatoms. The monoisotopic (exact) mass is 258 g/mol. The fraction of sp³-hybridized carbons (Fsp3) is 0. The SMILES string of the molecule is N=C(c1ccccc1)c1cc(-c2ccccc2)ccn1. The Kier molecular flexibility index (Phi) is 3.38. The number of hydrogen-bond donors (Lipinski definition) is 1. The van der Waals surface area contributed by atoms with Crippen molar-refractivity contribution in [2.45, 2.75) is 0 Å². The van der Waals surface area contributed by atoms with E-state index in [2.05, 4.69) is 17.1 Å². The van der Waals surface area contributed by atoms with E-state index in [4.69, 9.17) is 5.41 Å². The molecule has 0 unspecified atom stereocenters. The number of pyridine rings is 1. The maximum Gasteiger partial charge on any atom is 0.0891 e. The summed E-state index contributed by atoms with van der Waals surface area (Å²) in [7, 11) is 0. The lowest BCUT2D eigenvalue weighted by atomic mass is 10.0. The third-order valence-corrected chi connectivity index (χ3v) is 3.19. The van der Waals surface area contributed by atoms with Gasteiger partial charge in [-0.3, -0.25) is 10.4 Å². The molecular weight excluding hydrogens is 244 g/mol. The number of nitrogens with zero attached hydrogens (tertiary/aromatic N) is 1. The van der Waals surface area contributed by atoms with Crippen molar-refractivity contribution in [1.29, 1.82) is 5.41 Å². The summed E-state index contributed by atoms with van der Waals surface area (Å²) >= 11 is 0. The van der Waals surface area contributed by atoms with Gasteiger partial charge in [0.25, 0.3) is 0 Å². The topological polar surface area (TPSA) is 36.7 Å². The van der Waals surface area contributed by atoms with Gasteiger partial charge in [0.15, 0.2) is 0 Å². The van der Waals surface area contributed by atoms with Crippen LogP contribution in [0.5, 0.6) is 0 Å². The van der Waals surface area contributed by atoms with Gasteiger partial charge in [-0.05, 0) is 23.3 Å². The summed E-state index contributed by atoms with van der Waals surface area (Å²) in [5, 5.41) is 8.27. The van der Waals surface area contributed by atoms with Gasteiger partial charge in [-0.2, -0.15) is 0 Å². The van der Waals surface area contributed by atoms with Crippen molar-refractivity contribution in [3.05, 3.63) is 90.3 Å². The molecule has 0 amide bonds. The van der Waals surface area contributed by atoms with Crippen LogP contribution in [0.1, 0.15) is 11.3 Å². The minimum atomic E-state index is 0.448. The zero-order chi connectivity index (χ0) is 13.8. The fourth-order valence-electron chi connectivity index (χ4n) is 2.13. The number of hydrogen-bond acceptors (Lipinski definition) is 2. The van der Waals surface area contributed by atoms with Crippen LogP contribution in [0, 0.1) is 5.41 Å². The molecule has 3 rings (SSSR count). The van der Waals surface area contributed by atoms with Crippen LogP contribution in [-0.4, -0.2) is 10.7 Å². The van der Waals surface area contributed by atoms with E-state index in [1.54, 1.807) is 6.20 Å². The molecule has 0 atom stereocenters. The van der Waals surface area contributed by atoms with Crippen LogP contribution in [-0.2, 0) is 0 Å². The van der Waals surface area contributed by atoms with E-state index in [1.807, 2.05) is 60.7 Å². The van der Waals surface area contributed by atoms with Gasteiger partial charge in [0, 0.05) is 11.8 Å². The molecular formula is C18H14N2. The van der Waals surface area contributed by atoms with E-state index in [1.165, 1.54) is 0 Å². The van der Waals surface area contributed by atoms with E-state index in [9.17, 15) is 0 Å². The second-order valence-electron chi connectivity index (χ2n) is 4.54. The molecule has 0 aliphatic heterocycles. The van der Waals surface area contributed by atoms with Crippen molar-refractivity contribution in [2.75, 3.05) is 0 Å². The molecule has 0 aliphatic rings. The van der Waals surface area contributed by atoms with Gasteiger partial charge in [0.05, 0.1) is 11.4 Å². The van der Waals surface area contributed by atoms with Crippen molar-refractivity contribution in [1.82, 2.24) is 4.98 Å². The fourth-order valence-corrected chi connectivity index (χ4v) is 2.13. The molecule has 0 radical (unpaired) electrons. The number of nitrogens with one attached hydrogen (secondary N) is 1. The average molecular weight is 258 g/mol. The second-order valence-corrected chi connectivity index (χ2v) is 4.54. The van der Waals surface area contributed by atoms with Crippen molar-refractivity contribution in [3.8, 4) is 11.1 Å². The largest absolute Gasteiger partial charge is 0.298 e. The van der Waals surface area contributed by atoms with Gasteiger partial charge in [-0.25, -0.2) is 0 Å². The lowest BCUT2D eigenvalue weighted by Crippen LogP contribution is -2.03. The van der Waals surface area contributed by atoms with Gasteiger partial charge in [0.2, 0.25) is 0 Å². The average Bonchev–Trinajstić information content (AvgIpc) is 2.56. The van der Waals surface area contributed by atoms with E-state index >= 15 is 0 Å². The zero-order valence-electron chi connectivity index (χ0n) is 11.0. The molecule has 0 spiro atoms. The smallest absolute Gasteiger partial charge is 0.0891 e. The first-order chi connectivity index (χ1) is 9.84. The number of rotatable bonds is 3. The van der Waals surface area contributed by atoms with E-state index in [0.29, 0.717) is 11.4 Å². The van der Waals surface area contributed by atoms with Crippen LogP contribution in [0.4, 0.5) is 0 Å². The molecule has 0 aliphatic carbocycles. The molecule has 1 N–H and O–H groups in total. The summed E-state index contributed by atoms with van der Waals surface area (Å²) in [5.74, 6) is 0. The second kappa shape index (κ2) is 5.49. The highest BCUT2D eigenvalue weighted by molar-refractivity contribution is 6.10. The van der Waals surface area contributed by atoms with Crippen LogP contribution in [0.25, 0.3) is 11.1 Å². The van der Waals surface area contributed by atoms with Crippen LogP contribution in [0.15, 0.2) is 79.0 Å². The molecule has 3 aromatic rings. The van der Waals surface area contributed by atoms with Gasteiger partial charge in [0.1, 0.15) is 0 Å². The Morgan fingerprint density at radius 1 is 0.750 bits per heavy atom. The minimum absolute atomic E-state index is 0.448. The summed E-state index contributed by atoms with van der Waals surface area (Å²) in [4.78, 5) is 4.32. The Morgan fingerprint density at radius 3 is 2.10 bits per heavy atom. The molecule has 20 heavy (non-hydrogen) atoms. The summed E-state index contributed by atoms with van der Waals surface area (Å²) in [6, 6.07) is 23.8. The molecule has 2 aromatic carbocycles. The van der Waals surface area contributed by atoms with E-state index < -0.39 is 0 Å². The van der Waals surface area contributed by atoms with Crippen molar-refractivity contribution in [3.63, 3.8) is 0 Å². The highest BCUT2D eigenvalue weighted by Gasteiger charge is 2.07. The number of benzene rings is 2. The molecule has 1 aromatic heterocycles. The van der Waals surface area contributed by atoms with Crippen LogP contribution in [0.3, 0.4) is 0 Å². The Balaban J connectivity index is 1.98.